The topological polar surface area (TPSA) is 110 Å². The summed E-state index contributed by atoms with van der Waals surface area (Å²) in [5.74, 6) is -0.0413. The Hall–Kier alpha value is -2.18. The van der Waals surface area contributed by atoms with Crippen molar-refractivity contribution >= 4 is 21.9 Å². The molecule has 0 saturated carbocycles. The highest BCUT2D eigenvalue weighted by Crippen LogP contribution is 2.35. The molecule has 3 rings (SSSR count). The van der Waals surface area contributed by atoms with Gasteiger partial charge in [-0.15, -0.1) is 0 Å². The van der Waals surface area contributed by atoms with Gasteiger partial charge in [0.25, 0.3) is 0 Å². The molecule has 0 bridgehead atoms. The maximum atomic E-state index is 12.2. The van der Waals surface area contributed by atoms with Crippen molar-refractivity contribution in [3.63, 3.8) is 0 Å². The van der Waals surface area contributed by atoms with Gasteiger partial charge >= 0.3 is 5.63 Å². The highest BCUT2D eigenvalue weighted by atomic mass is 35.5. The Morgan fingerprint density at radius 3 is 2.43 bits per heavy atom. The van der Waals surface area contributed by atoms with Crippen LogP contribution in [0.2, 0.25) is 0 Å². The fraction of sp³-hybridized carbons (Fsp3) is 0.312. The van der Waals surface area contributed by atoms with Crippen molar-refractivity contribution in [2.75, 3.05) is 6.54 Å². The number of furan rings is 1. The second-order valence-corrected chi connectivity index (χ2v) is 5.28. The number of phenolic OH excluding ortho intramolecular Hbond substituents is 2. The number of benzene rings is 1. The number of phenols is 2. The summed E-state index contributed by atoms with van der Waals surface area (Å²) in [6, 6.07) is 4.27. The van der Waals surface area contributed by atoms with Crippen molar-refractivity contribution in [3.8, 4) is 11.5 Å². The molecule has 2 heterocycles. The van der Waals surface area contributed by atoms with Crippen molar-refractivity contribution in [3.05, 3.63) is 34.4 Å². The van der Waals surface area contributed by atoms with Gasteiger partial charge in [0.2, 0.25) is 0 Å². The molecule has 0 spiro atoms. The fourth-order valence-corrected chi connectivity index (χ4v) is 2.54. The van der Waals surface area contributed by atoms with Gasteiger partial charge in [-0.3, -0.25) is 0 Å². The largest absolute Gasteiger partial charge is 1.00 e. The van der Waals surface area contributed by atoms with Crippen molar-refractivity contribution in [1.82, 2.24) is 0 Å². The van der Waals surface area contributed by atoms with Crippen LogP contribution in [0.15, 0.2) is 31.8 Å². The molecular formula is C16H17ClNO5-. The number of fused-ring (bicyclic) bond motifs is 3. The van der Waals surface area contributed by atoms with Crippen LogP contribution in [0.1, 0.15) is 25.0 Å². The average Bonchev–Trinajstić information content (AvgIpc) is 2.82. The molecule has 1 aromatic carbocycles. The van der Waals surface area contributed by atoms with Crippen LogP contribution in [0.5, 0.6) is 11.5 Å². The van der Waals surface area contributed by atoms with Crippen molar-refractivity contribution in [2.45, 2.75) is 25.7 Å². The molecule has 0 amide bonds. The molecule has 0 saturated heterocycles. The van der Waals surface area contributed by atoms with E-state index in [1.54, 1.807) is 6.07 Å². The van der Waals surface area contributed by atoms with E-state index in [4.69, 9.17) is 14.6 Å². The average molecular weight is 339 g/mol. The lowest BCUT2D eigenvalue weighted by Crippen LogP contribution is -3.00. The van der Waals surface area contributed by atoms with E-state index in [1.807, 2.05) is 0 Å². The highest BCUT2D eigenvalue weighted by Gasteiger charge is 2.16. The van der Waals surface area contributed by atoms with Gasteiger partial charge in [0.1, 0.15) is 22.3 Å². The highest BCUT2D eigenvalue weighted by molar-refractivity contribution is 6.05. The number of nitrogens with two attached hydrogens (primary N) is 1. The molecule has 124 valence electrons. The summed E-state index contributed by atoms with van der Waals surface area (Å²) < 4.78 is 10.9. The Labute approximate surface area is 137 Å². The van der Waals surface area contributed by atoms with Crippen LogP contribution in [-0.4, -0.2) is 16.8 Å². The Morgan fingerprint density at radius 1 is 0.957 bits per heavy atom. The minimum atomic E-state index is -0.504. The van der Waals surface area contributed by atoms with Crippen LogP contribution in [-0.2, 0) is 6.42 Å². The first-order chi connectivity index (χ1) is 10.6. The molecule has 0 radical (unpaired) electrons. The molecule has 23 heavy (non-hydrogen) atoms. The number of hydrogen-bond acceptors (Lipinski definition) is 6. The molecule has 0 aliphatic heterocycles. The van der Waals surface area contributed by atoms with Gasteiger partial charge in [0, 0.05) is 23.9 Å². The van der Waals surface area contributed by atoms with Crippen LogP contribution < -0.4 is 23.8 Å². The van der Waals surface area contributed by atoms with Gasteiger partial charge in [-0.2, -0.15) is 0 Å². The van der Waals surface area contributed by atoms with Crippen LogP contribution in [0, 0.1) is 0 Å². The smallest absolute Gasteiger partial charge is 0.347 e. The first-order valence-corrected chi connectivity index (χ1v) is 7.21. The van der Waals surface area contributed by atoms with Gasteiger partial charge in [-0.1, -0.05) is 6.42 Å². The SMILES string of the molecule is NCCCCCc1cc2oc3cc(O)c(O)cc3c2c(=O)o1.[Cl-]. The minimum absolute atomic E-state index is 0. The molecule has 0 fully saturated rings. The zero-order valence-corrected chi connectivity index (χ0v) is 13.1. The van der Waals surface area contributed by atoms with E-state index in [2.05, 4.69) is 0 Å². The van der Waals surface area contributed by atoms with Gasteiger partial charge in [0.05, 0.1) is 0 Å². The monoisotopic (exact) mass is 338 g/mol. The molecule has 7 heteroatoms. The van der Waals surface area contributed by atoms with Gasteiger partial charge < -0.3 is 37.2 Å². The second kappa shape index (κ2) is 6.93. The molecule has 0 aliphatic carbocycles. The summed E-state index contributed by atoms with van der Waals surface area (Å²) in [5, 5.41) is 19.8. The van der Waals surface area contributed by atoms with Gasteiger partial charge in [-0.05, 0) is 25.5 Å². The van der Waals surface area contributed by atoms with E-state index >= 15 is 0 Å². The summed E-state index contributed by atoms with van der Waals surface area (Å²) in [7, 11) is 0. The molecular weight excluding hydrogens is 322 g/mol. The number of rotatable bonds is 5. The van der Waals surface area contributed by atoms with Crippen LogP contribution in [0.4, 0.5) is 0 Å². The number of aromatic hydroxyl groups is 2. The first-order valence-electron chi connectivity index (χ1n) is 7.21. The van der Waals surface area contributed by atoms with Gasteiger partial charge in [-0.25, -0.2) is 4.79 Å². The molecule has 3 aromatic rings. The zero-order chi connectivity index (χ0) is 15.7. The normalized spacial score (nSPS) is 11.0. The number of hydrogen-bond donors (Lipinski definition) is 3. The van der Waals surface area contributed by atoms with Crippen LogP contribution in [0.3, 0.4) is 0 Å². The Morgan fingerprint density at radius 2 is 1.70 bits per heavy atom. The van der Waals surface area contributed by atoms with E-state index in [-0.39, 0.29) is 29.3 Å². The number of aryl methyl sites for hydroxylation is 1. The standard InChI is InChI=1S/C16H17NO5.ClH/c17-5-3-1-2-4-9-6-14-15(16(20)21-9)10-7-11(18)12(19)8-13(10)22-14;/h6-8,18-19H,1-5,17H2;1H/p-1. The fourth-order valence-electron chi connectivity index (χ4n) is 2.54. The Bertz CT molecular complexity index is 883. The molecule has 0 atom stereocenters. The maximum Gasteiger partial charge on any atom is 0.347 e. The zero-order valence-electron chi connectivity index (χ0n) is 12.3. The molecule has 2 aromatic heterocycles. The van der Waals surface area contributed by atoms with E-state index in [9.17, 15) is 15.0 Å². The predicted octanol–water partition coefficient (Wildman–Crippen LogP) is -0.374. The van der Waals surface area contributed by atoms with Crippen LogP contribution in [0.25, 0.3) is 21.9 Å². The second-order valence-electron chi connectivity index (χ2n) is 5.28. The third-order valence-corrected chi connectivity index (χ3v) is 3.66. The minimum Gasteiger partial charge on any atom is -1.00 e. The van der Waals surface area contributed by atoms with E-state index in [0.717, 1.165) is 19.3 Å². The Balaban J connectivity index is 0.00000192. The summed E-state index contributed by atoms with van der Waals surface area (Å²) in [4.78, 5) is 12.2. The quantitative estimate of drug-likeness (QED) is 0.432. The Kier molecular flexibility index (Phi) is 5.18. The van der Waals surface area contributed by atoms with E-state index in [1.165, 1.54) is 12.1 Å². The third-order valence-electron chi connectivity index (χ3n) is 3.66. The summed E-state index contributed by atoms with van der Waals surface area (Å²) >= 11 is 0. The lowest BCUT2D eigenvalue weighted by molar-refractivity contribution is -0.00000748. The lowest BCUT2D eigenvalue weighted by atomic mass is 10.1. The molecule has 4 N–H and O–H groups in total. The lowest BCUT2D eigenvalue weighted by Gasteiger charge is -1.99. The number of unbranched alkanes of at least 4 members (excludes halogenated alkanes) is 2. The summed E-state index contributed by atoms with van der Waals surface area (Å²) in [5.41, 5.74) is 5.67. The summed E-state index contributed by atoms with van der Waals surface area (Å²) in [6.45, 7) is 0.652. The molecule has 0 aliphatic rings. The first kappa shape index (κ1) is 17.2. The molecule has 6 nitrogen and oxygen atoms in total. The van der Waals surface area contributed by atoms with Crippen LogP contribution >= 0.6 is 0 Å². The summed E-state index contributed by atoms with van der Waals surface area (Å²) in [6.07, 6.45) is 3.43. The maximum absolute atomic E-state index is 12.2. The van der Waals surface area contributed by atoms with Crippen molar-refractivity contribution < 1.29 is 31.5 Å². The van der Waals surface area contributed by atoms with E-state index in [0.29, 0.717) is 35.3 Å². The van der Waals surface area contributed by atoms with Crippen molar-refractivity contribution in [2.24, 2.45) is 5.73 Å². The number of halogens is 1. The van der Waals surface area contributed by atoms with E-state index < -0.39 is 5.63 Å². The van der Waals surface area contributed by atoms with Gasteiger partial charge in [0.15, 0.2) is 11.5 Å². The predicted molar refractivity (Wildman–Crippen MR) is 82.2 cm³/mol. The molecule has 0 unspecified atom stereocenters. The van der Waals surface area contributed by atoms with Crippen molar-refractivity contribution in [1.29, 1.82) is 0 Å². The third kappa shape index (κ3) is 3.28.